The third-order valence-corrected chi connectivity index (χ3v) is 6.66. The van der Waals surface area contributed by atoms with E-state index in [9.17, 15) is 15.0 Å². The third kappa shape index (κ3) is 5.77. The van der Waals surface area contributed by atoms with E-state index >= 15 is 0 Å². The van der Waals surface area contributed by atoms with E-state index in [1.807, 2.05) is 13.8 Å². The molecular formula is C28H36N2O6. The largest absolute Gasteiger partial charge is 0.507 e. The van der Waals surface area contributed by atoms with Gasteiger partial charge in [-0.3, -0.25) is 9.69 Å². The molecular weight excluding hydrogens is 460 g/mol. The Morgan fingerprint density at radius 1 is 1.08 bits per heavy atom. The van der Waals surface area contributed by atoms with Gasteiger partial charge in [-0.25, -0.2) is 0 Å². The van der Waals surface area contributed by atoms with E-state index in [2.05, 4.69) is 4.90 Å². The first-order chi connectivity index (χ1) is 17.2. The smallest absolute Gasteiger partial charge is 0.239 e. The number of phenolic OH excluding ortho intramolecular Hbond substituents is 2. The van der Waals surface area contributed by atoms with Crippen LogP contribution in [0.2, 0.25) is 0 Å². The highest BCUT2D eigenvalue weighted by Gasteiger charge is 2.25. The first kappa shape index (κ1) is 25.9. The van der Waals surface area contributed by atoms with Gasteiger partial charge in [0.25, 0.3) is 0 Å². The second-order valence-corrected chi connectivity index (χ2v) is 10.2. The molecule has 0 unspecified atom stereocenters. The molecule has 2 heterocycles. The van der Waals surface area contributed by atoms with Crippen molar-refractivity contribution in [3.05, 3.63) is 46.1 Å². The fraction of sp³-hybridized carbons (Fsp3) is 0.464. The highest BCUT2D eigenvalue weighted by Crippen LogP contribution is 2.39. The Balaban J connectivity index is 1.81. The molecule has 0 amide bonds. The van der Waals surface area contributed by atoms with E-state index in [-0.39, 0.29) is 34.0 Å². The number of aryl methyl sites for hydroxylation is 1. The van der Waals surface area contributed by atoms with Crippen LogP contribution in [-0.2, 0) is 6.42 Å². The minimum Gasteiger partial charge on any atom is -0.507 e. The van der Waals surface area contributed by atoms with Gasteiger partial charge in [0.1, 0.15) is 34.8 Å². The van der Waals surface area contributed by atoms with Gasteiger partial charge in [-0.15, -0.1) is 0 Å². The summed E-state index contributed by atoms with van der Waals surface area (Å²) in [5.74, 6) is 0.444. The quantitative estimate of drug-likeness (QED) is 0.399. The molecule has 1 saturated heterocycles. The van der Waals surface area contributed by atoms with Gasteiger partial charge in [-0.2, -0.15) is 0 Å². The molecule has 0 spiro atoms. The maximum atomic E-state index is 13.7. The number of benzene rings is 2. The van der Waals surface area contributed by atoms with Crippen molar-refractivity contribution in [2.24, 2.45) is 5.73 Å². The molecule has 36 heavy (non-hydrogen) atoms. The molecule has 4 rings (SSSR count). The summed E-state index contributed by atoms with van der Waals surface area (Å²) in [5.41, 5.74) is 6.37. The summed E-state index contributed by atoms with van der Waals surface area (Å²) in [7, 11) is 1.58. The number of aromatic hydroxyl groups is 2. The van der Waals surface area contributed by atoms with Gasteiger partial charge < -0.3 is 29.8 Å². The van der Waals surface area contributed by atoms with E-state index in [4.69, 9.17) is 19.6 Å². The van der Waals surface area contributed by atoms with Crippen LogP contribution < -0.4 is 20.6 Å². The number of piperidine rings is 1. The Morgan fingerprint density at radius 2 is 1.78 bits per heavy atom. The molecule has 0 bridgehead atoms. The average Bonchev–Trinajstić information content (AvgIpc) is 2.84. The molecule has 1 aliphatic heterocycles. The number of hydrogen-bond donors (Lipinski definition) is 3. The number of hydrogen-bond acceptors (Lipinski definition) is 8. The molecule has 1 aromatic heterocycles. The zero-order chi connectivity index (χ0) is 25.9. The summed E-state index contributed by atoms with van der Waals surface area (Å²) in [6.07, 6.45) is 4.47. The lowest BCUT2D eigenvalue weighted by atomic mass is 9.94. The fourth-order valence-electron chi connectivity index (χ4n) is 4.58. The molecule has 194 valence electrons. The molecule has 0 aliphatic carbocycles. The van der Waals surface area contributed by atoms with Crippen LogP contribution in [0, 0.1) is 0 Å². The monoisotopic (exact) mass is 496 g/mol. The second-order valence-electron chi connectivity index (χ2n) is 10.2. The number of likely N-dealkylation sites (tertiary alicyclic amines) is 1. The molecule has 0 atom stereocenters. The zero-order valence-corrected chi connectivity index (χ0v) is 21.3. The molecule has 3 aromatic rings. The van der Waals surface area contributed by atoms with Crippen molar-refractivity contribution in [3.8, 4) is 34.3 Å². The Labute approximate surface area is 211 Å². The standard InChI is InChI=1S/C28H36N2O6/c1-28(2,29)12-11-20-21(31)17-22(32)23-24(33)27(35-16-15-30-13-5-4-6-14-30)25(36-26(20)23)18-7-9-19(34-3)10-8-18/h7-10,17,31-32H,4-6,11-16,29H2,1-3H3. The summed E-state index contributed by atoms with van der Waals surface area (Å²) in [6.45, 7) is 6.81. The number of rotatable bonds is 9. The van der Waals surface area contributed by atoms with E-state index in [0.717, 1.165) is 25.9 Å². The van der Waals surface area contributed by atoms with E-state index in [0.29, 0.717) is 42.9 Å². The average molecular weight is 497 g/mol. The van der Waals surface area contributed by atoms with Crippen molar-refractivity contribution >= 4 is 11.0 Å². The molecule has 1 fully saturated rings. The van der Waals surface area contributed by atoms with Gasteiger partial charge in [-0.1, -0.05) is 6.42 Å². The van der Waals surface area contributed by atoms with Gasteiger partial charge >= 0.3 is 0 Å². The molecule has 0 saturated carbocycles. The number of phenols is 2. The van der Waals surface area contributed by atoms with Crippen LogP contribution >= 0.6 is 0 Å². The van der Waals surface area contributed by atoms with Gasteiger partial charge in [-0.05, 0) is 76.9 Å². The van der Waals surface area contributed by atoms with Gasteiger partial charge in [0.2, 0.25) is 11.2 Å². The highest BCUT2D eigenvalue weighted by atomic mass is 16.5. The van der Waals surface area contributed by atoms with Gasteiger partial charge in [0.15, 0.2) is 5.76 Å². The fourth-order valence-corrected chi connectivity index (χ4v) is 4.58. The summed E-state index contributed by atoms with van der Waals surface area (Å²) >= 11 is 0. The molecule has 2 aromatic carbocycles. The van der Waals surface area contributed by atoms with Crippen LogP contribution in [0.25, 0.3) is 22.3 Å². The Morgan fingerprint density at radius 3 is 2.42 bits per heavy atom. The Hall–Kier alpha value is -3.23. The third-order valence-electron chi connectivity index (χ3n) is 6.66. The van der Waals surface area contributed by atoms with E-state index < -0.39 is 11.0 Å². The molecule has 8 heteroatoms. The normalized spacial score (nSPS) is 14.8. The van der Waals surface area contributed by atoms with Crippen LogP contribution in [0.3, 0.4) is 0 Å². The van der Waals surface area contributed by atoms with Crippen LogP contribution in [0.15, 0.2) is 39.5 Å². The zero-order valence-electron chi connectivity index (χ0n) is 21.3. The number of ether oxygens (including phenoxy) is 2. The number of nitrogens with zero attached hydrogens (tertiary/aromatic N) is 1. The predicted octanol–water partition coefficient (Wildman–Crippen LogP) is 4.41. The molecule has 4 N–H and O–H groups in total. The van der Waals surface area contributed by atoms with Gasteiger partial charge in [0, 0.05) is 29.3 Å². The Bertz CT molecular complexity index is 1250. The first-order valence-electron chi connectivity index (χ1n) is 12.5. The van der Waals surface area contributed by atoms with Gasteiger partial charge in [0.05, 0.1) is 7.11 Å². The molecule has 1 aliphatic rings. The lowest BCUT2D eigenvalue weighted by molar-refractivity contribution is 0.182. The minimum atomic E-state index is -0.493. The molecule has 0 radical (unpaired) electrons. The predicted molar refractivity (Wildman–Crippen MR) is 140 cm³/mol. The van der Waals surface area contributed by atoms with Crippen molar-refractivity contribution < 1.29 is 24.1 Å². The van der Waals surface area contributed by atoms with Crippen LogP contribution in [-0.4, -0.2) is 54.0 Å². The number of nitrogens with two attached hydrogens (primary N) is 1. The highest BCUT2D eigenvalue weighted by molar-refractivity contribution is 5.91. The summed E-state index contributed by atoms with van der Waals surface area (Å²) in [4.78, 5) is 16.0. The summed E-state index contributed by atoms with van der Waals surface area (Å²) < 4.78 is 17.6. The van der Waals surface area contributed by atoms with Crippen molar-refractivity contribution in [1.82, 2.24) is 4.90 Å². The van der Waals surface area contributed by atoms with Crippen LogP contribution in [0.5, 0.6) is 23.0 Å². The maximum Gasteiger partial charge on any atom is 0.239 e. The van der Waals surface area contributed by atoms with Crippen molar-refractivity contribution in [3.63, 3.8) is 0 Å². The van der Waals surface area contributed by atoms with Crippen molar-refractivity contribution in [2.75, 3.05) is 33.4 Å². The van der Waals surface area contributed by atoms with E-state index in [1.54, 1.807) is 31.4 Å². The SMILES string of the molecule is COc1ccc(-c2oc3c(CCC(C)(C)N)c(O)cc(O)c3c(=O)c2OCCN2CCCCC2)cc1. The molecule has 8 nitrogen and oxygen atoms in total. The van der Waals surface area contributed by atoms with E-state index in [1.165, 1.54) is 12.5 Å². The summed E-state index contributed by atoms with van der Waals surface area (Å²) in [6, 6.07) is 8.30. The first-order valence-corrected chi connectivity index (χ1v) is 12.5. The lowest BCUT2D eigenvalue weighted by Gasteiger charge is -2.26. The second kappa shape index (κ2) is 10.8. The number of methoxy groups -OCH3 is 1. The lowest BCUT2D eigenvalue weighted by Crippen LogP contribution is -2.33. The topological polar surface area (TPSA) is 118 Å². The Kier molecular flexibility index (Phi) is 7.76. The maximum absolute atomic E-state index is 13.7. The van der Waals surface area contributed by atoms with Crippen LogP contribution in [0.1, 0.15) is 45.1 Å². The minimum absolute atomic E-state index is 0.0112. The van der Waals surface area contributed by atoms with Crippen molar-refractivity contribution in [2.45, 2.75) is 51.5 Å². The summed E-state index contributed by atoms with van der Waals surface area (Å²) in [5, 5.41) is 21.3. The van der Waals surface area contributed by atoms with Crippen molar-refractivity contribution in [1.29, 1.82) is 0 Å². The number of fused-ring (bicyclic) bond motifs is 1. The van der Waals surface area contributed by atoms with Crippen LogP contribution in [0.4, 0.5) is 0 Å².